The number of aliphatic hydroxyl groups excluding tert-OH is 1. The number of hydrogen-bond acceptors (Lipinski definition) is 2. The summed E-state index contributed by atoms with van der Waals surface area (Å²) in [6.45, 7) is 4.18. The molecular weight excluding hydrogens is 204 g/mol. The van der Waals surface area contributed by atoms with Gasteiger partial charge in [-0.25, -0.2) is 0 Å². The van der Waals surface area contributed by atoms with E-state index in [9.17, 15) is 4.79 Å². The van der Waals surface area contributed by atoms with Crippen LogP contribution in [-0.2, 0) is 11.2 Å². The van der Waals surface area contributed by atoms with Crippen molar-refractivity contribution in [3.63, 3.8) is 0 Å². The maximum atomic E-state index is 11.7. The topological polar surface area (TPSA) is 65.1 Å². The SMILES string of the molecule is CC(C)C(CCO)NC(=O)Cc1ccc[nH]1. The lowest BCUT2D eigenvalue weighted by atomic mass is 10.0. The van der Waals surface area contributed by atoms with E-state index in [4.69, 9.17) is 5.11 Å². The monoisotopic (exact) mass is 224 g/mol. The molecule has 0 spiro atoms. The Morgan fingerprint density at radius 1 is 1.56 bits per heavy atom. The zero-order valence-corrected chi connectivity index (χ0v) is 9.86. The van der Waals surface area contributed by atoms with E-state index in [-0.39, 0.29) is 18.6 Å². The van der Waals surface area contributed by atoms with Crippen LogP contribution in [0.3, 0.4) is 0 Å². The number of rotatable bonds is 6. The first kappa shape index (κ1) is 12.8. The molecule has 4 nitrogen and oxygen atoms in total. The van der Waals surface area contributed by atoms with Gasteiger partial charge in [-0.15, -0.1) is 0 Å². The first-order valence-electron chi connectivity index (χ1n) is 5.66. The Bertz CT molecular complexity index is 307. The molecule has 3 N–H and O–H groups in total. The molecule has 0 fully saturated rings. The highest BCUT2D eigenvalue weighted by molar-refractivity contribution is 5.78. The molecule has 1 rings (SSSR count). The van der Waals surface area contributed by atoms with Crippen LogP contribution in [0.25, 0.3) is 0 Å². The molecule has 16 heavy (non-hydrogen) atoms. The van der Waals surface area contributed by atoms with Gasteiger partial charge in [-0.05, 0) is 24.5 Å². The highest BCUT2D eigenvalue weighted by Crippen LogP contribution is 2.06. The second-order valence-corrected chi connectivity index (χ2v) is 4.30. The summed E-state index contributed by atoms with van der Waals surface area (Å²) in [5, 5.41) is 11.8. The first-order valence-corrected chi connectivity index (χ1v) is 5.66. The van der Waals surface area contributed by atoms with E-state index in [1.54, 1.807) is 6.20 Å². The van der Waals surface area contributed by atoms with E-state index in [0.717, 1.165) is 5.69 Å². The van der Waals surface area contributed by atoms with Gasteiger partial charge in [0, 0.05) is 24.5 Å². The zero-order chi connectivity index (χ0) is 12.0. The van der Waals surface area contributed by atoms with Gasteiger partial charge in [0.15, 0.2) is 0 Å². The third-order valence-corrected chi connectivity index (χ3v) is 2.60. The minimum atomic E-state index is -0.00500. The number of carbonyl (C=O) groups is 1. The fourth-order valence-electron chi connectivity index (χ4n) is 1.62. The van der Waals surface area contributed by atoms with Crippen molar-refractivity contribution in [3.05, 3.63) is 24.0 Å². The fourth-order valence-corrected chi connectivity index (χ4v) is 1.62. The number of aromatic amines is 1. The number of nitrogens with one attached hydrogen (secondary N) is 2. The predicted octanol–water partition coefficient (Wildman–Crippen LogP) is 1.08. The third kappa shape index (κ3) is 4.06. The Morgan fingerprint density at radius 3 is 2.81 bits per heavy atom. The van der Waals surface area contributed by atoms with Crippen LogP contribution in [0.5, 0.6) is 0 Å². The Morgan fingerprint density at radius 2 is 2.31 bits per heavy atom. The Hall–Kier alpha value is -1.29. The molecule has 1 amide bonds. The molecule has 1 heterocycles. The highest BCUT2D eigenvalue weighted by Gasteiger charge is 2.15. The van der Waals surface area contributed by atoms with Crippen LogP contribution in [0.2, 0.25) is 0 Å². The Kier molecular flexibility index (Phi) is 5.05. The molecule has 0 aliphatic heterocycles. The maximum Gasteiger partial charge on any atom is 0.226 e. The van der Waals surface area contributed by atoms with E-state index in [1.807, 2.05) is 26.0 Å². The number of hydrogen-bond donors (Lipinski definition) is 3. The summed E-state index contributed by atoms with van der Waals surface area (Å²) < 4.78 is 0. The van der Waals surface area contributed by atoms with Crippen LogP contribution in [0, 0.1) is 5.92 Å². The lowest BCUT2D eigenvalue weighted by Gasteiger charge is -2.21. The third-order valence-electron chi connectivity index (χ3n) is 2.60. The van der Waals surface area contributed by atoms with Crippen LogP contribution in [-0.4, -0.2) is 28.6 Å². The van der Waals surface area contributed by atoms with E-state index in [1.165, 1.54) is 0 Å². The zero-order valence-electron chi connectivity index (χ0n) is 9.86. The van der Waals surface area contributed by atoms with Crippen LogP contribution in [0.1, 0.15) is 26.0 Å². The summed E-state index contributed by atoms with van der Waals surface area (Å²) in [5.41, 5.74) is 0.906. The summed E-state index contributed by atoms with van der Waals surface area (Å²) in [6.07, 6.45) is 2.77. The molecule has 1 unspecified atom stereocenters. The molecule has 0 aliphatic rings. The van der Waals surface area contributed by atoms with Gasteiger partial charge >= 0.3 is 0 Å². The summed E-state index contributed by atoms with van der Waals surface area (Å²) >= 11 is 0. The molecule has 1 aromatic rings. The average Bonchev–Trinajstić information content (AvgIpc) is 2.69. The minimum absolute atomic E-state index is 0.00500. The summed E-state index contributed by atoms with van der Waals surface area (Å²) in [4.78, 5) is 14.7. The van der Waals surface area contributed by atoms with Gasteiger partial charge < -0.3 is 15.4 Å². The number of aliphatic hydroxyl groups is 1. The first-order chi connectivity index (χ1) is 7.63. The van der Waals surface area contributed by atoms with Gasteiger partial charge in [-0.2, -0.15) is 0 Å². The lowest BCUT2D eigenvalue weighted by Crippen LogP contribution is -2.40. The van der Waals surface area contributed by atoms with Crippen LogP contribution in [0.4, 0.5) is 0 Å². The van der Waals surface area contributed by atoms with E-state index < -0.39 is 0 Å². The van der Waals surface area contributed by atoms with Crippen molar-refractivity contribution in [2.75, 3.05) is 6.61 Å². The average molecular weight is 224 g/mol. The fraction of sp³-hybridized carbons (Fsp3) is 0.583. The van der Waals surface area contributed by atoms with Crippen molar-refractivity contribution in [2.45, 2.75) is 32.7 Å². The van der Waals surface area contributed by atoms with E-state index in [2.05, 4.69) is 10.3 Å². The molecule has 1 aromatic heterocycles. The van der Waals surface area contributed by atoms with Gasteiger partial charge in [0.05, 0.1) is 6.42 Å². The van der Waals surface area contributed by atoms with Crippen molar-refractivity contribution in [1.82, 2.24) is 10.3 Å². The highest BCUT2D eigenvalue weighted by atomic mass is 16.3. The molecule has 0 bridgehead atoms. The summed E-state index contributed by atoms with van der Waals surface area (Å²) in [7, 11) is 0. The van der Waals surface area contributed by atoms with Crippen LogP contribution < -0.4 is 5.32 Å². The maximum absolute atomic E-state index is 11.7. The molecule has 0 radical (unpaired) electrons. The molecule has 4 heteroatoms. The van der Waals surface area contributed by atoms with Gasteiger partial charge in [0.1, 0.15) is 0 Å². The lowest BCUT2D eigenvalue weighted by molar-refractivity contribution is -0.121. The van der Waals surface area contributed by atoms with Crippen molar-refractivity contribution in [1.29, 1.82) is 0 Å². The summed E-state index contributed by atoms with van der Waals surface area (Å²) in [6, 6.07) is 3.80. The molecule has 0 saturated carbocycles. The van der Waals surface area contributed by atoms with E-state index >= 15 is 0 Å². The quantitative estimate of drug-likeness (QED) is 0.677. The second kappa shape index (κ2) is 6.33. The number of H-pyrrole nitrogens is 1. The predicted molar refractivity (Wildman–Crippen MR) is 63.0 cm³/mol. The molecule has 0 saturated heterocycles. The van der Waals surface area contributed by atoms with Gasteiger partial charge in [0.2, 0.25) is 5.91 Å². The molecule has 0 aliphatic carbocycles. The standard InChI is InChI=1S/C12H20N2O2/c1-9(2)11(5-7-15)14-12(16)8-10-4-3-6-13-10/h3-4,6,9,11,13,15H,5,7-8H2,1-2H3,(H,14,16). The van der Waals surface area contributed by atoms with Gasteiger partial charge in [-0.3, -0.25) is 4.79 Å². The molecule has 0 aromatic carbocycles. The summed E-state index contributed by atoms with van der Waals surface area (Å²) in [5.74, 6) is 0.328. The molecular formula is C12H20N2O2. The van der Waals surface area contributed by atoms with Crippen molar-refractivity contribution in [3.8, 4) is 0 Å². The van der Waals surface area contributed by atoms with Crippen LogP contribution in [0.15, 0.2) is 18.3 Å². The number of amides is 1. The van der Waals surface area contributed by atoms with Crippen molar-refractivity contribution < 1.29 is 9.90 Å². The molecule has 90 valence electrons. The molecule has 1 atom stereocenters. The van der Waals surface area contributed by atoms with Gasteiger partial charge in [0.25, 0.3) is 0 Å². The smallest absolute Gasteiger partial charge is 0.226 e. The number of carbonyl (C=O) groups excluding carboxylic acids is 1. The van der Waals surface area contributed by atoms with E-state index in [0.29, 0.717) is 18.8 Å². The largest absolute Gasteiger partial charge is 0.396 e. The van der Waals surface area contributed by atoms with Gasteiger partial charge in [-0.1, -0.05) is 13.8 Å². The normalized spacial score (nSPS) is 12.8. The van der Waals surface area contributed by atoms with Crippen molar-refractivity contribution in [2.24, 2.45) is 5.92 Å². The van der Waals surface area contributed by atoms with Crippen molar-refractivity contribution >= 4 is 5.91 Å². The Balaban J connectivity index is 2.42. The van der Waals surface area contributed by atoms with Crippen LogP contribution >= 0.6 is 0 Å². The second-order valence-electron chi connectivity index (χ2n) is 4.30. The number of aromatic nitrogens is 1. The Labute approximate surface area is 96.1 Å². The minimum Gasteiger partial charge on any atom is -0.396 e.